The van der Waals surface area contributed by atoms with E-state index in [2.05, 4.69) is 27.3 Å². The molecule has 1 atom stereocenters. The Bertz CT molecular complexity index is 689. The van der Waals surface area contributed by atoms with Crippen molar-refractivity contribution in [2.75, 3.05) is 0 Å². The third-order valence-electron chi connectivity index (χ3n) is 3.09. The predicted molar refractivity (Wildman–Crippen MR) is 72.6 cm³/mol. The molecule has 0 saturated heterocycles. The average Bonchev–Trinajstić information content (AvgIpc) is 2.82. The molecule has 5 nitrogen and oxygen atoms in total. The minimum absolute atomic E-state index is 0.193. The van der Waals surface area contributed by atoms with Gasteiger partial charge in [-0.1, -0.05) is 30.3 Å². The number of nitrogens with zero attached hydrogens (tertiary/aromatic N) is 4. The third kappa shape index (κ3) is 2.32. The highest BCUT2D eigenvalue weighted by atomic mass is 15.3. The van der Waals surface area contributed by atoms with E-state index >= 15 is 0 Å². The molecule has 0 aliphatic rings. The normalized spacial score (nSPS) is 12.7. The molecule has 0 bridgehead atoms. The molecule has 5 heteroatoms. The second kappa shape index (κ2) is 4.78. The molecule has 2 heterocycles. The highest BCUT2D eigenvalue weighted by molar-refractivity contribution is 5.38. The van der Waals surface area contributed by atoms with E-state index in [-0.39, 0.29) is 6.04 Å². The minimum atomic E-state index is -0.193. The van der Waals surface area contributed by atoms with Gasteiger partial charge in [0.15, 0.2) is 11.5 Å². The van der Waals surface area contributed by atoms with Crippen molar-refractivity contribution in [2.24, 2.45) is 5.73 Å². The van der Waals surface area contributed by atoms with E-state index in [0.717, 1.165) is 23.6 Å². The van der Waals surface area contributed by atoms with E-state index in [1.54, 1.807) is 6.33 Å². The van der Waals surface area contributed by atoms with Crippen molar-refractivity contribution in [3.05, 3.63) is 59.8 Å². The zero-order valence-corrected chi connectivity index (χ0v) is 10.7. The Labute approximate surface area is 111 Å². The van der Waals surface area contributed by atoms with Crippen LogP contribution in [0.25, 0.3) is 5.65 Å². The van der Waals surface area contributed by atoms with Crippen LogP contribution >= 0.6 is 0 Å². The zero-order valence-electron chi connectivity index (χ0n) is 10.7. The van der Waals surface area contributed by atoms with Crippen LogP contribution in [0.2, 0.25) is 0 Å². The van der Waals surface area contributed by atoms with Gasteiger partial charge in [0.05, 0.1) is 6.04 Å². The first-order valence-corrected chi connectivity index (χ1v) is 6.21. The van der Waals surface area contributed by atoms with Gasteiger partial charge in [-0.05, 0) is 18.9 Å². The molecule has 0 aliphatic carbocycles. The summed E-state index contributed by atoms with van der Waals surface area (Å²) in [5.74, 6) is 0.742. The fourth-order valence-corrected chi connectivity index (χ4v) is 2.12. The summed E-state index contributed by atoms with van der Waals surface area (Å²) < 4.78 is 1.85. The Morgan fingerprint density at radius 2 is 2.00 bits per heavy atom. The van der Waals surface area contributed by atoms with Crippen LogP contribution in [0, 0.1) is 6.92 Å². The van der Waals surface area contributed by atoms with E-state index in [1.165, 1.54) is 5.56 Å². The number of benzene rings is 1. The monoisotopic (exact) mass is 253 g/mol. The molecule has 1 aromatic carbocycles. The Hall–Kier alpha value is -2.27. The largest absolute Gasteiger partial charge is 0.321 e. The van der Waals surface area contributed by atoms with Gasteiger partial charge < -0.3 is 5.73 Å². The summed E-state index contributed by atoms with van der Waals surface area (Å²) in [6.45, 7) is 1.93. The summed E-state index contributed by atoms with van der Waals surface area (Å²) in [5, 5.41) is 8.32. The van der Waals surface area contributed by atoms with Crippen LogP contribution in [0.3, 0.4) is 0 Å². The lowest BCUT2D eigenvalue weighted by Gasteiger charge is -2.09. The highest BCUT2D eigenvalue weighted by Crippen LogP contribution is 2.15. The topological polar surface area (TPSA) is 69.1 Å². The Morgan fingerprint density at radius 1 is 1.21 bits per heavy atom. The molecule has 0 aliphatic heterocycles. The zero-order chi connectivity index (χ0) is 13.2. The number of rotatable bonds is 3. The van der Waals surface area contributed by atoms with Gasteiger partial charge in [-0.25, -0.2) is 4.98 Å². The van der Waals surface area contributed by atoms with E-state index in [1.807, 2.05) is 35.6 Å². The maximum atomic E-state index is 6.22. The van der Waals surface area contributed by atoms with E-state index in [0.29, 0.717) is 0 Å². The minimum Gasteiger partial charge on any atom is -0.321 e. The number of nitrogens with two attached hydrogens (primary N) is 1. The van der Waals surface area contributed by atoms with Crippen LogP contribution in [0.15, 0.2) is 42.7 Å². The molecule has 96 valence electrons. The number of aryl methyl sites for hydroxylation is 1. The fraction of sp³-hybridized carbons (Fsp3) is 0.214. The van der Waals surface area contributed by atoms with Crippen LogP contribution in [-0.4, -0.2) is 19.6 Å². The molecule has 3 aromatic rings. The molecule has 0 fully saturated rings. The molecule has 0 radical (unpaired) electrons. The van der Waals surface area contributed by atoms with Crippen LogP contribution in [-0.2, 0) is 6.42 Å². The fourth-order valence-electron chi connectivity index (χ4n) is 2.12. The molecule has 0 spiro atoms. The first kappa shape index (κ1) is 11.8. The van der Waals surface area contributed by atoms with Crippen molar-refractivity contribution in [1.29, 1.82) is 0 Å². The third-order valence-corrected chi connectivity index (χ3v) is 3.09. The summed E-state index contributed by atoms with van der Waals surface area (Å²) in [7, 11) is 0. The maximum absolute atomic E-state index is 6.22. The molecule has 19 heavy (non-hydrogen) atoms. The average molecular weight is 253 g/mol. The summed E-state index contributed by atoms with van der Waals surface area (Å²) >= 11 is 0. The van der Waals surface area contributed by atoms with Gasteiger partial charge in [-0.3, -0.25) is 4.40 Å². The molecular weight excluding hydrogens is 238 g/mol. The molecule has 0 amide bonds. The Balaban J connectivity index is 1.91. The van der Waals surface area contributed by atoms with E-state index in [9.17, 15) is 0 Å². The van der Waals surface area contributed by atoms with Gasteiger partial charge in [0.1, 0.15) is 6.33 Å². The van der Waals surface area contributed by atoms with Crippen molar-refractivity contribution in [1.82, 2.24) is 19.6 Å². The number of fused-ring (bicyclic) bond motifs is 1. The van der Waals surface area contributed by atoms with Crippen LogP contribution < -0.4 is 5.73 Å². The van der Waals surface area contributed by atoms with Gasteiger partial charge in [0.25, 0.3) is 0 Å². The van der Waals surface area contributed by atoms with E-state index in [4.69, 9.17) is 5.73 Å². The molecule has 2 aromatic heterocycles. The second-order valence-corrected chi connectivity index (χ2v) is 4.61. The van der Waals surface area contributed by atoms with Gasteiger partial charge in [-0.2, -0.15) is 0 Å². The SMILES string of the molecule is Cc1cc2nnc(C(N)Cc3ccccc3)n2cn1. The van der Waals surface area contributed by atoms with Gasteiger partial charge in [0.2, 0.25) is 0 Å². The quantitative estimate of drug-likeness (QED) is 0.771. The van der Waals surface area contributed by atoms with Gasteiger partial charge in [0, 0.05) is 11.8 Å². The number of aromatic nitrogens is 4. The van der Waals surface area contributed by atoms with Crippen LogP contribution in [0.1, 0.15) is 23.1 Å². The molecule has 0 saturated carbocycles. The predicted octanol–water partition coefficient (Wildman–Crippen LogP) is 1.68. The summed E-state index contributed by atoms with van der Waals surface area (Å²) in [6.07, 6.45) is 2.46. The Kier molecular flexibility index (Phi) is 2.97. The molecule has 2 N–H and O–H groups in total. The number of hydrogen-bond acceptors (Lipinski definition) is 4. The Morgan fingerprint density at radius 3 is 2.79 bits per heavy atom. The molecular formula is C14H15N5. The summed E-state index contributed by atoms with van der Waals surface area (Å²) in [6, 6.07) is 11.8. The standard InChI is InChI=1S/C14H15N5/c1-10-7-13-17-18-14(19(13)9-16-10)12(15)8-11-5-3-2-4-6-11/h2-7,9,12H,8,15H2,1H3. The molecule has 3 rings (SSSR count). The van der Waals surface area contributed by atoms with Crippen LogP contribution in [0.5, 0.6) is 0 Å². The van der Waals surface area contributed by atoms with E-state index < -0.39 is 0 Å². The lowest BCUT2D eigenvalue weighted by Crippen LogP contribution is -2.17. The summed E-state index contributed by atoms with van der Waals surface area (Å²) in [4.78, 5) is 4.26. The van der Waals surface area contributed by atoms with Crippen molar-refractivity contribution in [2.45, 2.75) is 19.4 Å². The lowest BCUT2D eigenvalue weighted by molar-refractivity contribution is 0.655. The lowest BCUT2D eigenvalue weighted by atomic mass is 10.1. The van der Waals surface area contributed by atoms with Crippen molar-refractivity contribution < 1.29 is 0 Å². The second-order valence-electron chi connectivity index (χ2n) is 4.61. The number of hydrogen-bond donors (Lipinski definition) is 1. The summed E-state index contributed by atoms with van der Waals surface area (Å²) in [5.41, 5.74) is 9.11. The van der Waals surface area contributed by atoms with Gasteiger partial charge >= 0.3 is 0 Å². The van der Waals surface area contributed by atoms with Crippen LogP contribution in [0.4, 0.5) is 0 Å². The maximum Gasteiger partial charge on any atom is 0.163 e. The highest BCUT2D eigenvalue weighted by Gasteiger charge is 2.14. The van der Waals surface area contributed by atoms with Gasteiger partial charge in [-0.15, -0.1) is 10.2 Å². The first-order valence-electron chi connectivity index (χ1n) is 6.21. The van der Waals surface area contributed by atoms with Crippen molar-refractivity contribution >= 4 is 5.65 Å². The smallest absolute Gasteiger partial charge is 0.163 e. The first-order chi connectivity index (χ1) is 9.24. The molecule has 1 unspecified atom stereocenters. The van der Waals surface area contributed by atoms with Crippen molar-refractivity contribution in [3.8, 4) is 0 Å². The van der Waals surface area contributed by atoms with Crippen molar-refractivity contribution in [3.63, 3.8) is 0 Å².